The van der Waals surface area contributed by atoms with E-state index in [1.165, 1.54) is 5.56 Å². The Kier molecular flexibility index (Phi) is 6.77. The van der Waals surface area contributed by atoms with Gasteiger partial charge in [-0.15, -0.1) is 11.8 Å². The zero-order chi connectivity index (χ0) is 15.9. The van der Waals surface area contributed by atoms with Gasteiger partial charge in [-0.25, -0.2) is 0 Å². The van der Waals surface area contributed by atoms with Crippen LogP contribution in [0.15, 0.2) is 30.3 Å². The number of amides is 1. The quantitative estimate of drug-likeness (QED) is 0.875. The fourth-order valence-corrected chi connectivity index (χ4v) is 4.07. The van der Waals surface area contributed by atoms with Crippen LogP contribution < -0.4 is 0 Å². The average Bonchev–Trinajstić information content (AvgIpc) is 2.55. The Bertz CT molecular complexity index is 455. The number of likely N-dealkylation sites (tertiary alicyclic amines) is 1. The van der Waals surface area contributed by atoms with E-state index in [-0.39, 0.29) is 17.8 Å². The first-order valence-electron chi connectivity index (χ1n) is 8.17. The van der Waals surface area contributed by atoms with Crippen molar-refractivity contribution >= 4 is 17.7 Å². The van der Waals surface area contributed by atoms with Crippen molar-refractivity contribution in [3.05, 3.63) is 35.9 Å². The number of benzene rings is 1. The molecule has 0 spiro atoms. The average molecular weight is 321 g/mol. The topological polar surface area (TPSA) is 40.5 Å². The summed E-state index contributed by atoms with van der Waals surface area (Å²) in [5, 5.41) is 9.24. The second kappa shape index (κ2) is 8.59. The van der Waals surface area contributed by atoms with Gasteiger partial charge >= 0.3 is 0 Å². The highest BCUT2D eigenvalue weighted by Crippen LogP contribution is 2.27. The van der Waals surface area contributed by atoms with Crippen molar-refractivity contribution in [2.75, 3.05) is 19.7 Å². The molecule has 3 nitrogen and oxygen atoms in total. The number of thioether (sulfide) groups is 1. The number of nitrogens with zero attached hydrogens (tertiary/aromatic N) is 1. The Morgan fingerprint density at radius 3 is 2.45 bits per heavy atom. The Balaban J connectivity index is 1.91. The van der Waals surface area contributed by atoms with Gasteiger partial charge < -0.3 is 10.0 Å². The first-order valence-corrected chi connectivity index (χ1v) is 9.22. The standard InChI is InChI=1S/C18H27NO2S/c1-14(2)17(22-13-16-6-4-3-5-7-16)18(21)19-10-8-15(12-20)9-11-19/h3-7,14-15,17,20H,8-13H2,1-2H3. The number of hydrogen-bond donors (Lipinski definition) is 1. The van der Waals surface area contributed by atoms with Gasteiger partial charge in [-0.1, -0.05) is 44.2 Å². The molecule has 0 saturated carbocycles. The third kappa shape index (κ3) is 4.75. The van der Waals surface area contributed by atoms with Crippen LogP contribution in [0.3, 0.4) is 0 Å². The molecule has 1 unspecified atom stereocenters. The lowest BCUT2D eigenvalue weighted by Gasteiger charge is -2.34. The molecule has 0 aromatic heterocycles. The minimum atomic E-state index is 0.0193. The van der Waals surface area contributed by atoms with Crippen molar-refractivity contribution in [3.8, 4) is 0 Å². The van der Waals surface area contributed by atoms with Crippen LogP contribution in [0.2, 0.25) is 0 Å². The predicted molar refractivity (Wildman–Crippen MR) is 92.8 cm³/mol. The molecule has 122 valence electrons. The molecular formula is C18H27NO2S. The number of aliphatic hydroxyl groups is 1. The molecule has 0 radical (unpaired) electrons. The maximum absolute atomic E-state index is 12.8. The molecule has 1 aromatic carbocycles. The van der Waals surface area contributed by atoms with Gasteiger partial charge in [-0.2, -0.15) is 0 Å². The van der Waals surface area contributed by atoms with Gasteiger partial charge in [0.15, 0.2) is 0 Å². The van der Waals surface area contributed by atoms with Crippen molar-refractivity contribution in [1.82, 2.24) is 4.90 Å². The van der Waals surface area contributed by atoms with Crippen molar-refractivity contribution in [2.24, 2.45) is 11.8 Å². The van der Waals surface area contributed by atoms with E-state index in [1.807, 2.05) is 23.1 Å². The van der Waals surface area contributed by atoms with E-state index in [4.69, 9.17) is 0 Å². The molecule has 1 N–H and O–H groups in total. The summed E-state index contributed by atoms with van der Waals surface area (Å²) in [5.74, 6) is 1.85. The van der Waals surface area contributed by atoms with E-state index >= 15 is 0 Å². The van der Waals surface area contributed by atoms with Gasteiger partial charge in [-0.3, -0.25) is 4.79 Å². The van der Waals surface area contributed by atoms with Crippen LogP contribution in [-0.4, -0.2) is 40.9 Å². The highest BCUT2D eigenvalue weighted by molar-refractivity contribution is 7.99. The molecule has 1 fully saturated rings. The van der Waals surface area contributed by atoms with Crippen LogP contribution in [0.5, 0.6) is 0 Å². The zero-order valence-corrected chi connectivity index (χ0v) is 14.4. The van der Waals surface area contributed by atoms with Gasteiger partial charge in [0.05, 0.1) is 5.25 Å². The molecule has 1 amide bonds. The largest absolute Gasteiger partial charge is 0.396 e. The van der Waals surface area contributed by atoms with Gasteiger partial charge in [0.2, 0.25) is 5.91 Å². The van der Waals surface area contributed by atoms with Crippen molar-refractivity contribution in [1.29, 1.82) is 0 Å². The minimum absolute atomic E-state index is 0.0193. The summed E-state index contributed by atoms with van der Waals surface area (Å²) < 4.78 is 0. The fraction of sp³-hybridized carbons (Fsp3) is 0.611. The molecule has 1 aliphatic rings. The molecule has 1 aromatic rings. The summed E-state index contributed by atoms with van der Waals surface area (Å²) in [7, 11) is 0. The van der Waals surface area contributed by atoms with Crippen LogP contribution in [0, 0.1) is 11.8 Å². The summed E-state index contributed by atoms with van der Waals surface area (Å²) in [6.07, 6.45) is 1.85. The smallest absolute Gasteiger partial charge is 0.235 e. The zero-order valence-electron chi connectivity index (χ0n) is 13.6. The second-order valence-corrected chi connectivity index (χ2v) is 7.54. The molecule has 22 heavy (non-hydrogen) atoms. The Morgan fingerprint density at radius 1 is 1.27 bits per heavy atom. The molecule has 2 rings (SSSR count). The van der Waals surface area contributed by atoms with Gasteiger partial charge in [0.1, 0.15) is 0 Å². The van der Waals surface area contributed by atoms with E-state index < -0.39 is 0 Å². The highest BCUT2D eigenvalue weighted by Gasteiger charge is 2.30. The van der Waals surface area contributed by atoms with Crippen molar-refractivity contribution in [3.63, 3.8) is 0 Å². The summed E-state index contributed by atoms with van der Waals surface area (Å²) in [6, 6.07) is 10.3. The van der Waals surface area contributed by atoms with E-state index in [2.05, 4.69) is 26.0 Å². The summed E-state index contributed by atoms with van der Waals surface area (Å²) in [4.78, 5) is 14.8. The summed E-state index contributed by atoms with van der Waals surface area (Å²) >= 11 is 1.75. The number of aliphatic hydroxyl groups excluding tert-OH is 1. The number of carbonyl (C=O) groups excluding carboxylic acids is 1. The van der Waals surface area contributed by atoms with Crippen molar-refractivity contribution < 1.29 is 9.90 Å². The Labute approximate surface area is 138 Å². The number of hydrogen-bond acceptors (Lipinski definition) is 3. The molecule has 1 aliphatic heterocycles. The van der Waals surface area contributed by atoms with E-state index in [9.17, 15) is 9.90 Å². The van der Waals surface area contributed by atoms with E-state index in [0.717, 1.165) is 31.7 Å². The lowest BCUT2D eigenvalue weighted by molar-refractivity contribution is -0.132. The van der Waals surface area contributed by atoms with Crippen molar-refractivity contribution in [2.45, 2.75) is 37.7 Å². The molecular weight excluding hydrogens is 294 g/mol. The maximum Gasteiger partial charge on any atom is 0.235 e. The molecule has 0 bridgehead atoms. The normalized spacial score (nSPS) is 17.7. The second-order valence-electron chi connectivity index (χ2n) is 6.41. The van der Waals surface area contributed by atoms with Crippen LogP contribution in [0.25, 0.3) is 0 Å². The van der Waals surface area contributed by atoms with Crippen LogP contribution in [0.4, 0.5) is 0 Å². The lowest BCUT2D eigenvalue weighted by atomic mass is 9.97. The fourth-order valence-electron chi connectivity index (χ4n) is 2.83. The van der Waals surface area contributed by atoms with Gasteiger partial charge in [0.25, 0.3) is 0 Å². The molecule has 1 atom stereocenters. The molecule has 4 heteroatoms. The van der Waals surface area contributed by atoms with Gasteiger partial charge in [0, 0.05) is 25.4 Å². The Morgan fingerprint density at radius 2 is 1.91 bits per heavy atom. The molecule has 0 aliphatic carbocycles. The number of piperidine rings is 1. The lowest BCUT2D eigenvalue weighted by Crippen LogP contribution is -2.44. The summed E-state index contributed by atoms with van der Waals surface area (Å²) in [6.45, 7) is 6.08. The SMILES string of the molecule is CC(C)C(SCc1ccccc1)C(=O)N1CCC(CO)CC1. The predicted octanol–water partition coefficient (Wildman–Crippen LogP) is 3.18. The number of carbonyl (C=O) groups is 1. The van der Waals surface area contributed by atoms with Crippen LogP contribution in [0.1, 0.15) is 32.3 Å². The first kappa shape index (κ1) is 17.4. The van der Waals surface area contributed by atoms with E-state index in [0.29, 0.717) is 11.8 Å². The minimum Gasteiger partial charge on any atom is -0.396 e. The Hall–Kier alpha value is -1.00. The third-order valence-electron chi connectivity index (χ3n) is 4.31. The first-order chi connectivity index (χ1) is 10.6. The van der Waals surface area contributed by atoms with Crippen LogP contribution in [-0.2, 0) is 10.5 Å². The third-order valence-corrected chi connectivity index (χ3v) is 5.91. The highest BCUT2D eigenvalue weighted by atomic mass is 32.2. The maximum atomic E-state index is 12.8. The van der Waals surface area contributed by atoms with E-state index in [1.54, 1.807) is 11.8 Å². The summed E-state index contributed by atoms with van der Waals surface area (Å²) in [5.41, 5.74) is 1.27. The van der Waals surface area contributed by atoms with Gasteiger partial charge in [-0.05, 0) is 30.2 Å². The molecule has 1 saturated heterocycles. The van der Waals surface area contributed by atoms with Crippen LogP contribution >= 0.6 is 11.8 Å². The monoisotopic (exact) mass is 321 g/mol. The molecule has 1 heterocycles. The number of rotatable bonds is 6.